The Morgan fingerprint density at radius 3 is 2.50 bits per heavy atom. The van der Waals surface area contributed by atoms with Gasteiger partial charge >= 0.3 is 0 Å². The predicted octanol–water partition coefficient (Wildman–Crippen LogP) is 0.633. The molecule has 2 N–H and O–H groups in total. The van der Waals surface area contributed by atoms with Gasteiger partial charge in [0, 0.05) is 17.1 Å². The summed E-state index contributed by atoms with van der Waals surface area (Å²) in [7, 11) is -2.42. The second-order valence-corrected chi connectivity index (χ2v) is 7.35. The van der Waals surface area contributed by atoms with Crippen molar-refractivity contribution in [3.63, 3.8) is 0 Å². The largest absolute Gasteiger partial charge is 0.279 e. The molecule has 0 aliphatic heterocycles. The fourth-order valence-electron chi connectivity index (χ4n) is 1.28. The smallest absolute Gasteiger partial charge is 0.267 e. The number of primary sulfonamides is 1. The van der Waals surface area contributed by atoms with E-state index in [0.29, 0.717) is 5.56 Å². The van der Waals surface area contributed by atoms with Gasteiger partial charge in [-0.25, -0.2) is 18.2 Å². The molecule has 0 saturated heterocycles. The Labute approximate surface area is 127 Å². The van der Waals surface area contributed by atoms with Crippen molar-refractivity contribution >= 4 is 43.2 Å². The summed E-state index contributed by atoms with van der Waals surface area (Å²) in [6.45, 7) is 0. The van der Waals surface area contributed by atoms with Crippen molar-refractivity contribution in [2.75, 3.05) is 0 Å². The molecule has 0 aliphatic carbocycles. The van der Waals surface area contributed by atoms with E-state index in [9.17, 15) is 13.2 Å². The Kier molecular flexibility index (Phi) is 4.18. The van der Waals surface area contributed by atoms with Crippen LogP contribution in [0.1, 0.15) is 10.4 Å². The quantitative estimate of drug-likeness (QED) is 0.828. The van der Waals surface area contributed by atoms with Crippen molar-refractivity contribution in [2.45, 2.75) is 4.34 Å². The van der Waals surface area contributed by atoms with Gasteiger partial charge in [0.15, 0.2) is 0 Å². The monoisotopic (exact) mass is 376 g/mol. The molecular formula is C10H9BrN4O3S2. The Balaban J connectivity index is 2.43. The van der Waals surface area contributed by atoms with Crippen LogP contribution in [0.4, 0.5) is 0 Å². The number of rotatable bonds is 2. The lowest BCUT2D eigenvalue weighted by molar-refractivity contribution is 0.0997. The number of hydrogen-bond donors (Lipinski definition) is 1. The number of amides is 1. The van der Waals surface area contributed by atoms with Crippen LogP contribution in [-0.4, -0.2) is 24.1 Å². The van der Waals surface area contributed by atoms with Crippen molar-refractivity contribution < 1.29 is 13.2 Å². The molecule has 0 unspecified atom stereocenters. The van der Waals surface area contributed by atoms with Crippen LogP contribution in [-0.2, 0) is 17.1 Å². The number of aromatic nitrogens is 2. The first kappa shape index (κ1) is 15.0. The number of carbonyl (C=O) groups is 1. The molecule has 0 saturated carbocycles. The second-order valence-electron chi connectivity index (χ2n) is 3.74. The normalized spacial score (nSPS) is 12.7. The van der Waals surface area contributed by atoms with E-state index in [0.717, 1.165) is 15.8 Å². The highest BCUT2D eigenvalue weighted by Gasteiger charge is 2.15. The standard InChI is InChI=1S/C10H9BrN4O3S2/c1-15-9(19-10(14-15)20(12,17)18)13-8(16)6-2-4-7(11)5-3-6/h2-5H,1H3,(H2,12,17,18). The van der Waals surface area contributed by atoms with E-state index in [2.05, 4.69) is 26.0 Å². The van der Waals surface area contributed by atoms with Crippen molar-refractivity contribution in [1.29, 1.82) is 0 Å². The van der Waals surface area contributed by atoms with Gasteiger partial charge in [-0.15, -0.1) is 5.10 Å². The molecule has 0 atom stereocenters. The fraction of sp³-hybridized carbons (Fsp3) is 0.100. The molecule has 20 heavy (non-hydrogen) atoms. The van der Waals surface area contributed by atoms with Crippen LogP contribution in [0.2, 0.25) is 0 Å². The minimum Gasteiger partial charge on any atom is -0.267 e. The third-order valence-corrected chi connectivity index (χ3v) is 5.06. The number of aryl methyl sites for hydroxylation is 1. The summed E-state index contributed by atoms with van der Waals surface area (Å²) >= 11 is 4.00. The van der Waals surface area contributed by atoms with Gasteiger partial charge in [-0.1, -0.05) is 27.3 Å². The minimum atomic E-state index is -3.90. The third-order valence-electron chi connectivity index (χ3n) is 2.22. The van der Waals surface area contributed by atoms with E-state index >= 15 is 0 Å². The van der Waals surface area contributed by atoms with Crippen LogP contribution in [0.25, 0.3) is 0 Å². The van der Waals surface area contributed by atoms with Gasteiger partial charge in [-0.2, -0.15) is 4.99 Å². The number of nitrogens with zero attached hydrogens (tertiary/aromatic N) is 3. The molecule has 2 aromatic rings. The topological polar surface area (TPSA) is 107 Å². The van der Waals surface area contributed by atoms with Crippen molar-refractivity contribution in [2.24, 2.45) is 17.2 Å². The molecule has 106 valence electrons. The van der Waals surface area contributed by atoms with E-state index in [1.807, 2.05) is 0 Å². The van der Waals surface area contributed by atoms with E-state index in [1.165, 1.54) is 11.7 Å². The van der Waals surface area contributed by atoms with Gasteiger partial charge in [0.2, 0.25) is 9.14 Å². The molecule has 1 aromatic carbocycles. The lowest BCUT2D eigenvalue weighted by Crippen LogP contribution is -2.15. The Hall–Kier alpha value is -1.36. The van der Waals surface area contributed by atoms with Crippen LogP contribution < -0.4 is 9.94 Å². The van der Waals surface area contributed by atoms with Crippen molar-refractivity contribution in [3.8, 4) is 0 Å². The molecule has 1 aromatic heterocycles. The van der Waals surface area contributed by atoms with Crippen LogP contribution in [0.5, 0.6) is 0 Å². The molecule has 0 spiro atoms. The SMILES string of the molecule is Cn1nc(S(N)(=O)=O)sc1=NC(=O)c1ccc(Br)cc1. The first-order valence-electron chi connectivity index (χ1n) is 5.19. The lowest BCUT2D eigenvalue weighted by atomic mass is 10.2. The zero-order valence-electron chi connectivity index (χ0n) is 10.1. The summed E-state index contributed by atoms with van der Waals surface area (Å²) in [4.78, 5) is 15.9. The number of carbonyl (C=O) groups excluding carboxylic acids is 1. The molecule has 0 radical (unpaired) electrons. The molecule has 0 aliphatic rings. The Bertz CT molecular complexity index is 821. The highest BCUT2D eigenvalue weighted by Crippen LogP contribution is 2.11. The van der Waals surface area contributed by atoms with Gasteiger partial charge in [-0.3, -0.25) is 4.79 Å². The number of sulfonamides is 1. The molecule has 1 heterocycles. The van der Waals surface area contributed by atoms with Crippen molar-refractivity contribution in [3.05, 3.63) is 39.1 Å². The maximum atomic E-state index is 11.9. The first-order chi connectivity index (χ1) is 9.27. The van der Waals surface area contributed by atoms with Crippen LogP contribution in [0.3, 0.4) is 0 Å². The summed E-state index contributed by atoms with van der Waals surface area (Å²) < 4.78 is 24.1. The molecule has 1 amide bonds. The average molecular weight is 377 g/mol. The second kappa shape index (κ2) is 5.56. The zero-order valence-corrected chi connectivity index (χ0v) is 13.4. The highest BCUT2D eigenvalue weighted by atomic mass is 79.9. The average Bonchev–Trinajstić information content (AvgIpc) is 2.71. The molecular weight excluding hydrogens is 368 g/mol. The van der Waals surface area contributed by atoms with Gasteiger partial charge < -0.3 is 0 Å². The first-order valence-corrected chi connectivity index (χ1v) is 8.34. The van der Waals surface area contributed by atoms with Crippen LogP contribution >= 0.6 is 27.3 Å². The Morgan fingerprint density at radius 2 is 2.00 bits per heavy atom. The van der Waals surface area contributed by atoms with E-state index in [4.69, 9.17) is 5.14 Å². The summed E-state index contributed by atoms with van der Waals surface area (Å²) in [6.07, 6.45) is 0. The lowest BCUT2D eigenvalue weighted by Gasteiger charge is -1.94. The summed E-state index contributed by atoms with van der Waals surface area (Å²) in [5, 5.41) is 8.68. The van der Waals surface area contributed by atoms with Crippen LogP contribution in [0, 0.1) is 0 Å². The van der Waals surface area contributed by atoms with Gasteiger partial charge in [0.25, 0.3) is 15.9 Å². The number of benzene rings is 1. The van der Waals surface area contributed by atoms with E-state index < -0.39 is 15.9 Å². The fourth-order valence-corrected chi connectivity index (χ4v) is 3.09. The predicted molar refractivity (Wildman–Crippen MR) is 76.5 cm³/mol. The zero-order chi connectivity index (χ0) is 14.9. The molecule has 10 heteroatoms. The third kappa shape index (κ3) is 3.39. The number of nitrogens with two attached hydrogens (primary N) is 1. The van der Waals surface area contributed by atoms with E-state index in [-0.39, 0.29) is 9.14 Å². The van der Waals surface area contributed by atoms with Gasteiger partial charge in [0.05, 0.1) is 0 Å². The maximum Gasteiger partial charge on any atom is 0.279 e. The van der Waals surface area contributed by atoms with Gasteiger partial charge in [-0.05, 0) is 24.3 Å². The summed E-state index contributed by atoms with van der Waals surface area (Å²) in [5.74, 6) is -0.488. The molecule has 0 fully saturated rings. The minimum absolute atomic E-state index is 0.155. The maximum absolute atomic E-state index is 11.9. The molecule has 2 rings (SSSR count). The van der Waals surface area contributed by atoms with Crippen molar-refractivity contribution in [1.82, 2.24) is 9.78 Å². The van der Waals surface area contributed by atoms with Gasteiger partial charge in [0.1, 0.15) is 0 Å². The Morgan fingerprint density at radius 1 is 1.40 bits per heavy atom. The van der Waals surface area contributed by atoms with E-state index in [1.54, 1.807) is 24.3 Å². The summed E-state index contributed by atoms with van der Waals surface area (Å²) in [5.41, 5.74) is 0.388. The highest BCUT2D eigenvalue weighted by molar-refractivity contribution is 9.10. The number of halogens is 1. The summed E-state index contributed by atoms with van der Waals surface area (Å²) in [6, 6.07) is 6.64. The van der Waals surface area contributed by atoms with Crippen LogP contribution in [0.15, 0.2) is 38.1 Å². The molecule has 0 bridgehead atoms. The molecule has 7 nitrogen and oxygen atoms in total. The number of hydrogen-bond acceptors (Lipinski definition) is 5.